The van der Waals surface area contributed by atoms with Gasteiger partial charge < -0.3 is 5.11 Å². The molecule has 2 aromatic carbocycles. The third-order valence-electron chi connectivity index (χ3n) is 2.90. The average molecular weight is 248 g/mol. The Bertz CT molecular complexity index is 736. The van der Waals surface area contributed by atoms with Gasteiger partial charge in [0.2, 0.25) is 12.4 Å². The number of rotatable bonds is 2. The van der Waals surface area contributed by atoms with Gasteiger partial charge in [0.25, 0.3) is 0 Å². The summed E-state index contributed by atoms with van der Waals surface area (Å²) in [5.74, 6) is -0.249. The van der Waals surface area contributed by atoms with E-state index in [1.54, 1.807) is 23.0 Å². The second-order valence-electron chi connectivity index (χ2n) is 4.22. The highest BCUT2D eigenvalue weighted by Crippen LogP contribution is 2.09. The van der Waals surface area contributed by atoms with Crippen LogP contribution >= 0.6 is 0 Å². The van der Waals surface area contributed by atoms with Crippen LogP contribution in [0.1, 0.15) is 5.56 Å². The van der Waals surface area contributed by atoms with Crippen molar-refractivity contribution in [2.45, 2.75) is 0 Å². The van der Waals surface area contributed by atoms with Crippen LogP contribution in [-0.4, -0.2) is 5.90 Å². The highest BCUT2D eigenvalue weighted by molar-refractivity contribution is 5.90. The van der Waals surface area contributed by atoms with E-state index in [1.165, 1.54) is 0 Å². The van der Waals surface area contributed by atoms with Gasteiger partial charge in [-0.25, -0.2) is 0 Å². The molecule has 0 aliphatic carbocycles. The maximum Gasteiger partial charge on any atom is 0.210 e. The van der Waals surface area contributed by atoms with Gasteiger partial charge in [0.05, 0.1) is 5.90 Å². The van der Waals surface area contributed by atoms with Gasteiger partial charge in [0.1, 0.15) is 0 Å². The van der Waals surface area contributed by atoms with Crippen molar-refractivity contribution >= 4 is 16.7 Å². The summed E-state index contributed by atoms with van der Waals surface area (Å²) < 4.78 is 1.55. The minimum Gasteiger partial charge on any atom is -0.854 e. The van der Waals surface area contributed by atoms with Crippen molar-refractivity contribution in [3.8, 4) is 0 Å². The van der Waals surface area contributed by atoms with Gasteiger partial charge in [0, 0.05) is 11.5 Å². The van der Waals surface area contributed by atoms with E-state index in [9.17, 15) is 5.11 Å². The van der Waals surface area contributed by atoms with Crippen LogP contribution in [0.2, 0.25) is 0 Å². The molecule has 0 saturated carbocycles. The fourth-order valence-corrected chi connectivity index (χ4v) is 1.93. The van der Waals surface area contributed by atoms with Gasteiger partial charge in [-0.1, -0.05) is 53.2 Å². The van der Waals surface area contributed by atoms with Crippen LogP contribution in [0.4, 0.5) is 0 Å². The maximum absolute atomic E-state index is 12.0. The van der Waals surface area contributed by atoms with E-state index in [4.69, 9.17) is 0 Å². The van der Waals surface area contributed by atoms with Gasteiger partial charge in [0.15, 0.2) is 0 Å². The minimum absolute atomic E-state index is 0.249. The molecule has 0 fully saturated rings. The molecular weight excluding hydrogens is 236 g/mol. The maximum atomic E-state index is 12.0. The van der Waals surface area contributed by atoms with Crippen molar-refractivity contribution in [2.24, 2.45) is 5.10 Å². The summed E-state index contributed by atoms with van der Waals surface area (Å²) in [6.45, 7) is 0. The Labute approximate surface area is 111 Å². The van der Waals surface area contributed by atoms with Crippen LogP contribution in [0.15, 0.2) is 78.2 Å². The number of hydrogen-bond acceptors (Lipinski definition) is 2. The van der Waals surface area contributed by atoms with E-state index < -0.39 is 0 Å². The second-order valence-corrected chi connectivity index (χ2v) is 4.22. The van der Waals surface area contributed by atoms with Crippen molar-refractivity contribution in [3.05, 3.63) is 78.6 Å². The topological polar surface area (TPSA) is 39.3 Å². The molecule has 1 aromatic heterocycles. The smallest absolute Gasteiger partial charge is 0.210 e. The molecule has 3 nitrogen and oxygen atoms in total. The summed E-state index contributed by atoms with van der Waals surface area (Å²) >= 11 is 0. The summed E-state index contributed by atoms with van der Waals surface area (Å²) in [6, 6.07) is 19.0. The molecular formula is C16H12N2O. The van der Waals surface area contributed by atoms with Crippen LogP contribution in [0.5, 0.6) is 0 Å². The predicted molar refractivity (Wildman–Crippen MR) is 72.5 cm³/mol. The van der Waals surface area contributed by atoms with Crippen LogP contribution in [0, 0.1) is 0 Å². The largest absolute Gasteiger partial charge is 0.854 e. The normalized spacial score (nSPS) is 11.7. The van der Waals surface area contributed by atoms with Crippen LogP contribution in [-0.2, 0) is 0 Å². The molecule has 0 spiro atoms. The Morgan fingerprint density at radius 3 is 2.32 bits per heavy atom. The Morgan fingerprint density at radius 2 is 1.53 bits per heavy atom. The summed E-state index contributed by atoms with van der Waals surface area (Å²) in [7, 11) is 0. The first-order chi connectivity index (χ1) is 9.33. The zero-order valence-electron chi connectivity index (χ0n) is 10.2. The molecule has 0 amide bonds. The molecule has 0 aliphatic heterocycles. The lowest BCUT2D eigenvalue weighted by molar-refractivity contribution is -0.680. The molecule has 92 valence electrons. The van der Waals surface area contributed by atoms with Crippen molar-refractivity contribution in [1.82, 2.24) is 0 Å². The SMILES string of the molecule is [O-]/C(=N\[n+]1ccc2ccccc2c1)c1ccccc1. The first kappa shape index (κ1) is 11.4. The molecule has 0 unspecified atom stereocenters. The number of aromatic nitrogens is 1. The van der Waals surface area contributed by atoms with Crippen molar-refractivity contribution in [2.75, 3.05) is 0 Å². The molecule has 0 saturated heterocycles. The highest BCUT2D eigenvalue weighted by Gasteiger charge is 2.01. The van der Waals surface area contributed by atoms with Gasteiger partial charge >= 0.3 is 0 Å². The molecule has 0 aliphatic rings. The molecule has 3 heteroatoms. The summed E-state index contributed by atoms with van der Waals surface area (Å²) in [5.41, 5.74) is 0.586. The molecule has 3 rings (SSSR count). The number of pyridine rings is 1. The van der Waals surface area contributed by atoms with E-state index in [0.29, 0.717) is 5.56 Å². The minimum atomic E-state index is -0.249. The van der Waals surface area contributed by atoms with Crippen molar-refractivity contribution < 1.29 is 9.78 Å². The molecule has 0 atom stereocenters. The molecule has 0 N–H and O–H groups in total. The van der Waals surface area contributed by atoms with E-state index in [-0.39, 0.29) is 5.90 Å². The fourth-order valence-electron chi connectivity index (χ4n) is 1.93. The first-order valence-electron chi connectivity index (χ1n) is 6.04. The third kappa shape index (κ3) is 2.45. The van der Waals surface area contributed by atoms with Gasteiger partial charge in [-0.3, -0.25) is 0 Å². The monoisotopic (exact) mass is 248 g/mol. The number of nitrogens with zero attached hydrogens (tertiary/aromatic N) is 2. The summed E-state index contributed by atoms with van der Waals surface area (Å²) in [4.78, 5) is 0. The molecule has 0 bridgehead atoms. The molecule has 19 heavy (non-hydrogen) atoms. The molecule has 3 aromatic rings. The predicted octanol–water partition coefficient (Wildman–Crippen LogP) is 1.70. The van der Waals surface area contributed by atoms with E-state index >= 15 is 0 Å². The average Bonchev–Trinajstić information content (AvgIpc) is 2.48. The standard InChI is InChI=1S/C16H12N2O/c19-16(14-7-2-1-3-8-14)17-18-11-10-13-6-4-5-9-15(13)12-18/h1-12H. The molecule has 1 heterocycles. The summed E-state index contributed by atoms with van der Waals surface area (Å²) in [6.07, 6.45) is 3.62. The lowest BCUT2D eigenvalue weighted by Gasteiger charge is -2.05. The second kappa shape index (κ2) is 4.90. The lowest BCUT2D eigenvalue weighted by atomic mass is 10.2. The van der Waals surface area contributed by atoms with E-state index in [0.717, 1.165) is 10.8 Å². The third-order valence-corrected chi connectivity index (χ3v) is 2.90. The van der Waals surface area contributed by atoms with Crippen LogP contribution in [0.3, 0.4) is 0 Å². The van der Waals surface area contributed by atoms with Crippen molar-refractivity contribution in [3.63, 3.8) is 0 Å². The summed E-state index contributed by atoms with van der Waals surface area (Å²) in [5, 5.41) is 18.2. The van der Waals surface area contributed by atoms with Crippen molar-refractivity contribution in [1.29, 1.82) is 0 Å². The Morgan fingerprint density at radius 1 is 0.842 bits per heavy atom. The quantitative estimate of drug-likeness (QED) is 0.386. The Hall–Kier alpha value is -2.68. The Balaban J connectivity index is 2.01. The van der Waals surface area contributed by atoms with Gasteiger partial charge in [-0.15, -0.1) is 0 Å². The van der Waals surface area contributed by atoms with E-state index in [2.05, 4.69) is 5.10 Å². The molecule has 0 radical (unpaired) electrons. The lowest BCUT2D eigenvalue weighted by Crippen LogP contribution is -2.33. The first-order valence-corrected chi connectivity index (χ1v) is 6.04. The van der Waals surface area contributed by atoms with Gasteiger partial charge in [-0.2, -0.15) is 0 Å². The highest BCUT2D eigenvalue weighted by atomic mass is 16.3. The van der Waals surface area contributed by atoms with Crippen LogP contribution in [0.25, 0.3) is 10.8 Å². The van der Waals surface area contributed by atoms with E-state index in [1.807, 2.05) is 54.7 Å². The number of hydrogen-bond donors (Lipinski definition) is 0. The number of fused-ring (bicyclic) bond motifs is 1. The zero-order valence-corrected chi connectivity index (χ0v) is 10.2. The zero-order chi connectivity index (χ0) is 13.1. The van der Waals surface area contributed by atoms with Crippen LogP contribution < -0.4 is 9.78 Å². The fraction of sp³-hybridized carbons (Fsp3) is 0. The Kier molecular flexibility index (Phi) is 2.94. The van der Waals surface area contributed by atoms with Gasteiger partial charge in [-0.05, 0) is 22.1 Å². The number of benzene rings is 2.